The summed E-state index contributed by atoms with van der Waals surface area (Å²) in [6.45, 7) is 3.19. The van der Waals surface area contributed by atoms with E-state index < -0.39 is 0 Å². The number of hydrogen-bond donors (Lipinski definition) is 0. The van der Waals surface area contributed by atoms with Crippen molar-refractivity contribution < 1.29 is 9.53 Å². The standard InChI is InChI=1S/C12H17BrN2O2/c1-8(9-3-4-9)12(16)11-10(13)7-14-15(11)5-6-17-2/h7-9H,3-6H2,1-2H3. The highest BCUT2D eigenvalue weighted by molar-refractivity contribution is 9.10. The topological polar surface area (TPSA) is 44.1 Å². The predicted octanol–water partition coefficient (Wildman–Crippen LogP) is 2.52. The van der Waals surface area contributed by atoms with Gasteiger partial charge in [0.15, 0.2) is 5.78 Å². The van der Waals surface area contributed by atoms with Gasteiger partial charge in [-0.1, -0.05) is 6.92 Å². The summed E-state index contributed by atoms with van der Waals surface area (Å²) >= 11 is 3.40. The van der Waals surface area contributed by atoms with Crippen molar-refractivity contribution in [2.75, 3.05) is 13.7 Å². The molecular weight excluding hydrogens is 284 g/mol. The molecule has 1 fully saturated rings. The molecule has 1 atom stereocenters. The Labute approximate surface area is 109 Å². The Morgan fingerprint density at radius 2 is 2.41 bits per heavy atom. The lowest BCUT2D eigenvalue weighted by atomic mass is 9.98. The Bertz CT molecular complexity index is 413. The molecule has 1 aliphatic rings. The number of aromatic nitrogens is 2. The Morgan fingerprint density at radius 1 is 1.71 bits per heavy atom. The zero-order valence-electron chi connectivity index (χ0n) is 10.1. The normalized spacial score (nSPS) is 17.1. The van der Waals surface area contributed by atoms with Gasteiger partial charge in [-0.05, 0) is 34.7 Å². The maximum absolute atomic E-state index is 12.4. The van der Waals surface area contributed by atoms with E-state index in [0.717, 1.165) is 4.47 Å². The number of carbonyl (C=O) groups excluding carboxylic acids is 1. The van der Waals surface area contributed by atoms with Crippen molar-refractivity contribution in [2.45, 2.75) is 26.3 Å². The second-order valence-electron chi connectivity index (χ2n) is 4.55. The van der Waals surface area contributed by atoms with Gasteiger partial charge >= 0.3 is 0 Å². The van der Waals surface area contributed by atoms with E-state index in [1.807, 2.05) is 6.92 Å². The van der Waals surface area contributed by atoms with Crippen LogP contribution >= 0.6 is 15.9 Å². The quantitative estimate of drug-likeness (QED) is 0.758. The van der Waals surface area contributed by atoms with Gasteiger partial charge < -0.3 is 4.74 Å². The molecule has 0 radical (unpaired) electrons. The van der Waals surface area contributed by atoms with E-state index in [1.165, 1.54) is 12.8 Å². The average molecular weight is 301 g/mol. The highest BCUT2D eigenvalue weighted by Crippen LogP contribution is 2.38. The van der Waals surface area contributed by atoms with Crippen molar-refractivity contribution in [1.29, 1.82) is 0 Å². The molecule has 1 heterocycles. The molecule has 0 N–H and O–H groups in total. The number of nitrogens with zero attached hydrogens (tertiary/aromatic N) is 2. The fourth-order valence-electron chi connectivity index (χ4n) is 1.98. The first-order valence-electron chi connectivity index (χ1n) is 5.89. The second-order valence-corrected chi connectivity index (χ2v) is 5.40. The summed E-state index contributed by atoms with van der Waals surface area (Å²) in [5.41, 5.74) is 0.682. The third-order valence-electron chi connectivity index (χ3n) is 3.28. The molecule has 1 aromatic rings. The molecule has 1 saturated carbocycles. The Balaban J connectivity index is 2.17. The van der Waals surface area contributed by atoms with Crippen LogP contribution in [0, 0.1) is 11.8 Å². The largest absolute Gasteiger partial charge is 0.383 e. The third kappa shape index (κ3) is 2.77. The fraction of sp³-hybridized carbons (Fsp3) is 0.667. The lowest BCUT2D eigenvalue weighted by Crippen LogP contribution is -2.20. The van der Waals surface area contributed by atoms with Crippen LogP contribution in [0.4, 0.5) is 0 Å². The minimum absolute atomic E-state index is 0.101. The van der Waals surface area contributed by atoms with Crippen molar-refractivity contribution in [2.24, 2.45) is 11.8 Å². The number of hydrogen-bond acceptors (Lipinski definition) is 3. The molecule has 2 rings (SSSR count). The van der Waals surface area contributed by atoms with Crippen LogP contribution in [0.1, 0.15) is 30.3 Å². The second kappa shape index (κ2) is 5.31. The van der Waals surface area contributed by atoms with Crippen LogP contribution in [-0.2, 0) is 11.3 Å². The van der Waals surface area contributed by atoms with Crippen LogP contribution in [0.5, 0.6) is 0 Å². The number of rotatable bonds is 6. The lowest BCUT2D eigenvalue weighted by Gasteiger charge is -2.11. The van der Waals surface area contributed by atoms with Crippen LogP contribution in [-0.4, -0.2) is 29.3 Å². The maximum atomic E-state index is 12.4. The van der Waals surface area contributed by atoms with Crippen molar-refractivity contribution in [1.82, 2.24) is 9.78 Å². The van der Waals surface area contributed by atoms with Crippen molar-refractivity contribution in [3.8, 4) is 0 Å². The molecule has 1 aromatic heterocycles. The van der Waals surface area contributed by atoms with E-state index in [2.05, 4.69) is 21.0 Å². The monoisotopic (exact) mass is 300 g/mol. The minimum Gasteiger partial charge on any atom is -0.383 e. The highest BCUT2D eigenvalue weighted by Gasteiger charge is 2.35. The zero-order chi connectivity index (χ0) is 12.4. The van der Waals surface area contributed by atoms with Gasteiger partial charge in [0.25, 0.3) is 0 Å². The number of ether oxygens (including phenoxy) is 1. The number of ketones is 1. The Hall–Kier alpha value is -0.680. The molecule has 0 bridgehead atoms. The van der Waals surface area contributed by atoms with E-state index in [1.54, 1.807) is 18.0 Å². The van der Waals surface area contributed by atoms with Crippen molar-refractivity contribution in [3.63, 3.8) is 0 Å². The highest BCUT2D eigenvalue weighted by atomic mass is 79.9. The van der Waals surface area contributed by atoms with Gasteiger partial charge in [0.2, 0.25) is 0 Å². The van der Waals surface area contributed by atoms with Gasteiger partial charge in [-0.25, -0.2) is 0 Å². The van der Waals surface area contributed by atoms with E-state index in [-0.39, 0.29) is 11.7 Å². The molecule has 1 aliphatic carbocycles. The molecule has 0 aliphatic heterocycles. The summed E-state index contributed by atoms with van der Waals surface area (Å²) in [4.78, 5) is 12.4. The SMILES string of the molecule is COCCn1ncc(Br)c1C(=O)C(C)C1CC1. The van der Waals surface area contributed by atoms with Crippen molar-refractivity contribution >= 4 is 21.7 Å². The van der Waals surface area contributed by atoms with Gasteiger partial charge in [0.1, 0.15) is 5.69 Å². The lowest BCUT2D eigenvalue weighted by molar-refractivity contribution is 0.0900. The predicted molar refractivity (Wildman–Crippen MR) is 68.0 cm³/mol. The summed E-state index contributed by atoms with van der Waals surface area (Å²) in [5, 5.41) is 4.21. The van der Waals surface area contributed by atoms with Crippen LogP contribution in [0.2, 0.25) is 0 Å². The van der Waals surface area contributed by atoms with E-state index in [4.69, 9.17) is 4.74 Å². The van der Waals surface area contributed by atoms with Crippen LogP contribution in [0.15, 0.2) is 10.7 Å². The van der Waals surface area contributed by atoms with Gasteiger partial charge in [-0.3, -0.25) is 9.48 Å². The molecule has 17 heavy (non-hydrogen) atoms. The smallest absolute Gasteiger partial charge is 0.185 e. The first-order chi connectivity index (χ1) is 8.15. The number of carbonyl (C=O) groups is 1. The Kier molecular flexibility index (Phi) is 3.99. The summed E-state index contributed by atoms with van der Waals surface area (Å²) in [6, 6.07) is 0. The van der Waals surface area contributed by atoms with Gasteiger partial charge in [-0.15, -0.1) is 0 Å². The molecule has 0 amide bonds. The first kappa shape index (κ1) is 12.8. The molecule has 1 unspecified atom stereocenters. The summed E-state index contributed by atoms with van der Waals surface area (Å²) in [5.74, 6) is 0.859. The number of Topliss-reactive ketones (excluding diaryl/α,β-unsaturated/α-hetero) is 1. The molecule has 94 valence electrons. The van der Waals surface area contributed by atoms with Crippen LogP contribution in [0.25, 0.3) is 0 Å². The fourth-order valence-corrected chi connectivity index (χ4v) is 2.47. The molecule has 4 nitrogen and oxygen atoms in total. The molecule has 0 saturated heterocycles. The zero-order valence-corrected chi connectivity index (χ0v) is 11.7. The van der Waals surface area contributed by atoms with Gasteiger partial charge in [0, 0.05) is 13.0 Å². The maximum Gasteiger partial charge on any atom is 0.185 e. The van der Waals surface area contributed by atoms with Crippen LogP contribution in [0.3, 0.4) is 0 Å². The first-order valence-corrected chi connectivity index (χ1v) is 6.69. The number of methoxy groups -OCH3 is 1. The molecule has 5 heteroatoms. The third-order valence-corrected chi connectivity index (χ3v) is 3.86. The summed E-state index contributed by atoms with van der Waals surface area (Å²) < 4.78 is 7.54. The van der Waals surface area contributed by atoms with Crippen LogP contribution < -0.4 is 0 Å². The Morgan fingerprint density at radius 3 is 3.00 bits per heavy atom. The van der Waals surface area contributed by atoms with E-state index >= 15 is 0 Å². The minimum atomic E-state index is 0.101. The van der Waals surface area contributed by atoms with Gasteiger partial charge in [0.05, 0.1) is 23.8 Å². The molecular formula is C12H17BrN2O2. The van der Waals surface area contributed by atoms with Gasteiger partial charge in [-0.2, -0.15) is 5.10 Å². The number of halogens is 1. The molecule has 0 spiro atoms. The average Bonchev–Trinajstić information content (AvgIpc) is 3.10. The van der Waals surface area contributed by atoms with E-state index in [9.17, 15) is 4.79 Å². The summed E-state index contributed by atoms with van der Waals surface area (Å²) in [6.07, 6.45) is 4.04. The van der Waals surface area contributed by atoms with E-state index in [0.29, 0.717) is 24.8 Å². The summed E-state index contributed by atoms with van der Waals surface area (Å²) in [7, 11) is 1.65. The molecule has 0 aromatic carbocycles. The van der Waals surface area contributed by atoms with Crippen molar-refractivity contribution in [3.05, 3.63) is 16.4 Å².